The number of carbonyl (C=O) groups excluding carboxylic acids is 1. The molecule has 20 heavy (non-hydrogen) atoms. The van der Waals surface area contributed by atoms with Crippen LogP contribution in [0, 0.1) is 5.92 Å². The summed E-state index contributed by atoms with van der Waals surface area (Å²) in [5.41, 5.74) is 2.01. The summed E-state index contributed by atoms with van der Waals surface area (Å²) in [7, 11) is 0. The molecule has 0 aromatic carbocycles. The van der Waals surface area contributed by atoms with Gasteiger partial charge in [0.25, 0.3) is 5.91 Å². The van der Waals surface area contributed by atoms with Crippen molar-refractivity contribution in [3.63, 3.8) is 0 Å². The molecular formula is C13H15ClN4OS. The first-order valence-electron chi connectivity index (χ1n) is 6.17. The van der Waals surface area contributed by atoms with Crippen LogP contribution in [0.4, 0.5) is 10.8 Å². The molecular weight excluding hydrogens is 296 g/mol. The Morgan fingerprint density at radius 2 is 2.25 bits per heavy atom. The molecule has 0 spiro atoms. The normalized spacial score (nSPS) is 10.6. The minimum absolute atomic E-state index is 0.299. The van der Waals surface area contributed by atoms with Crippen molar-refractivity contribution in [2.24, 2.45) is 5.92 Å². The number of carbonyl (C=O) groups is 1. The number of nitrogens with zero attached hydrogens (tertiary/aromatic N) is 2. The highest BCUT2D eigenvalue weighted by Gasteiger charge is 2.15. The number of thiazole rings is 1. The van der Waals surface area contributed by atoms with Gasteiger partial charge < -0.3 is 10.6 Å². The lowest BCUT2D eigenvalue weighted by atomic mass is 10.2. The Hall–Kier alpha value is -1.66. The van der Waals surface area contributed by atoms with Crippen LogP contribution in [0.1, 0.15) is 24.3 Å². The van der Waals surface area contributed by atoms with Gasteiger partial charge in [-0.3, -0.25) is 4.79 Å². The highest BCUT2D eigenvalue weighted by atomic mass is 35.5. The van der Waals surface area contributed by atoms with Gasteiger partial charge in [0.05, 0.1) is 5.51 Å². The zero-order valence-corrected chi connectivity index (χ0v) is 12.8. The zero-order valence-electron chi connectivity index (χ0n) is 11.2. The Balaban J connectivity index is 2.08. The lowest BCUT2D eigenvalue weighted by Gasteiger charge is -2.08. The molecule has 5 nitrogen and oxygen atoms in total. The number of hydrogen-bond acceptors (Lipinski definition) is 5. The SMILES string of the molecule is CC(C)CNc1scnc1C(=O)Nc1cccc(Cl)n1. The van der Waals surface area contributed by atoms with Crippen molar-refractivity contribution >= 4 is 39.7 Å². The van der Waals surface area contributed by atoms with Gasteiger partial charge in [0.15, 0.2) is 5.69 Å². The van der Waals surface area contributed by atoms with E-state index in [1.54, 1.807) is 23.7 Å². The summed E-state index contributed by atoms with van der Waals surface area (Å²) in [4.78, 5) is 20.3. The van der Waals surface area contributed by atoms with Crippen LogP contribution < -0.4 is 10.6 Å². The minimum atomic E-state index is -0.299. The van der Waals surface area contributed by atoms with Gasteiger partial charge in [-0.2, -0.15) is 0 Å². The first kappa shape index (κ1) is 14.7. The molecule has 2 aromatic heterocycles. The first-order valence-corrected chi connectivity index (χ1v) is 7.43. The molecule has 1 amide bonds. The van der Waals surface area contributed by atoms with Crippen LogP contribution in [0.3, 0.4) is 0 Å². The van der Waals surface area contributed by atoms with Gasteiger partial charge in [-0.15, -0.1) is 11.3 Å². The van der Waals surface area contributed by atoms with Gasteiger partial charge in [-0.05, 0) is 18.1 Å². The summed E-state index contributed by atoms with van der Waals surface area (Å²) in [5, 5.41) is 7.00. The summed E-state index contributed by atoms with van der Waals surface area (Å²) >= 11 is 7.18. The maximum absolute atomic E-state index is 12.2. The molecule has 0 saturated heterocycles. The number of nitrogens with one attached hydrogen (secondary N) is 2. The van der Waals surface area contributed by atoms with Crippen LogP contribution >= 0.6 is 22.9 Å². The van der Waals surface area contributed by atoms with Crippen LogP contribution in [0.5, 0.6) is 0 Å². The lowest BCUT2D eigenvalue weighted by Crippen LogP contribution is -2.16. The average molecular weight is 311 g/mol. The average Bonchev–Trinajstić information content (AvgIpc) is 2.84. The quantitative estimate of drug-likeness (QED) is 0.829. The third kappa shape index (κ3) is 3.91. The van der Waals surface area contributed by atoms with Crippen LogP contribution in [0.25, 0.3) is 0 Å². The van der Waals surface area contributed by atoms with Crippen molar-refractivity contribution in [2.75, 3.05) is 17.2 Å². The van der Waals surface area contributed by atoms with Gasteiger partial charge in [0.1, 0.15) is 16.0 Å². The summed E-state index contributed by atoms with van der Waals surface area (Å²) in [6.07, 6.45) is 0. The van der Waals surface area contributed by atoms with Crippen molar-refractivity contribution in [2.45, 2.75) is 13.8 Å². The molecule has 0 aliphatic carbocycles. The van der Waals surface area contributed by atoms with E-state index in [1.165, 1.54) is 11.3 Å². The predicted octanol–water partition coefficient (Wildman–Crippen LogP) is 3.51. The third-order valence-corrected chi connectivity index (χ3v) is 3.40. The van der Waals surface area contributed by atoms with Gasteiger partial charge >= 0.3 is 0 Å². The van der Waals surface area contributed by atoms with E-state index >= 15 is 0 Å². The summed E-state index contributed by atoms with van der Waals surface area (Å²) < 4.78 is 0. The molecule has 2 N–H and O–H groups in total. The number of amides is 1. The van der Waals surface area contributed by atoms with Crippen LogP contribution in [0.15, 0.2) is 23.7 Å². The largest absolute Gasteiger partial charge is 0.375 e. The second-order valence-corrected chi connectivity index (χ2v) is 5.85. The molecule has 106 valence electrons. The second-order valence-electron chi connectivity index (χ2n) is 4.60. The first-order chi connectivity index (χ1) is 9.56. The van der Waals surface area contributed by atoms with Crippen LogP contribution in [0.2, 0.25) is 5.15 Å². The van der Waals surface area contributed by atoms with E-state index < -0.39 is 0 Å². The molecule has 7 heteroatoms. The van der Waals surface area contributed by atoms with Crippen molar-refractivity contribution in [3.05, 3.63) is 34.6 Å². The molecule has 0 fully saturated rings. The van der Waals surface area contributed by atoms with Crippen LogP contribution in [-0.4, -0.2) is 22.4 Å². The van der Waals surface area contributed by atoms with E-state index in [-0.39, 0.29) is 5.91 Å². The molecule has 2 aromatic rings. The lowest BCUT2D eigenvalue weighted by molar-refractivity contribution is 0.102. The van der Waals surface area contributed by atoms with Crippen molar-refractivity contribution < 1.29 is 4.79 Å². The molecule has 0 bridgehead atoms. The predicted molar refractivity (Wildman–Crippen MR) is 82.6 cm³/mol. The zero-order chi connectivity index (χ0) is 14.5. The molecule has 0 saturated carbocycles. The van der Waals surface area contributed by atoms with Gasteiger partial charge in [0, 0.05) is 6.54 Å². The number of pyridine rings is 1. The number of aromatic nitrogens is 2. The van der Waals surface area contributed by atoms with E-state index in [0.29, 0.717) is 22.6 Å². The van der Waals surface area contributed by atoms with Crippen LogP contribution in [-0.2, 0) is 0 Å². The van der Waals surface area contributed by atoms with E-state index in [1.807, 2.05) is 0 Å². The highest BCUT2D eigenvalue weighted by Crippen LogP contribution is 2.21. The maximum Gasteiger partial charge on any atom is 0.278 e. The Morgan fingerprint density at radius 3 is 2.95 bits per heavy atom. The van der Waals surface area contributed by atoms with E-state index in [0.717, 1.165) is 11.5 Å². The number of halogens is 1. The summed E-state index contributed by atoms with van der Waals surface area (Å²) in [6.45, 7) is 4.99. The fraction of sp³-hybridized carbons (Fsp3) is 0.308. The van der Waals surface area contributed by atoms with Crippen molar-refractivity contribution in [1.29, 1.82) is 0 Å². The number of hydrogen-bond donors (Lipinski definition) is 2. The second kappa shape index (κ2) is 6.67. The Morgan fingerprint density at radius 1 is 1.45 bits per heavy atom. The molecule has 0 unspecified atom stereocenters. The summed E-state index contributed by atoms with van der Waals surface area (Å²) in [5.74, 6) is 0.597. The summed E-state index contributed by atoms with van der Waals surface area (Å²) in [6, 6.07) is 5.05. The standard InChI is InChI=1S/C13H15ClN4OS/c1-8(2)6-15-13-11(16-7-20-13)12(19)18-10-5-3-4-9(14)17-10/h3-5,7-8,15H,6H2,1-2H3,(H,17,18,19). The molecule has 2 rings (SSSR count). The fourth-order valence-corrected chi connectivity index (χ4v) is 2.33. The molecule has 0 atom stereocenters. The topological polar surface area (TPSA) is 66.9 Å². The Kier molecular flexibility index (Phi) is 4.92. The molecule has 0 aliphatic heterocycles. The Labute approximate surface area is 126 Å². The van der Waals surface area contributed by atoms with Gasteiger partial charge in [0.2, 0.25) is 0 Å². The molecule has 0 radical (unpaired) electrons. The smallest absolute Gasteiger partial charge is 0.278 e. The minimum Gasteiger partial charge on any atom is -0.375 e. The van der Waals surface area contributed by atoms with E-state index in [9.17, 15) is 4.79 Å². The number of anilines is 2. The van der Waals surface area contributed by atoms with Crippen molar-refractivity contribution in [1.82, 2.24) is 9.97 Å². The van der Waals surface area contributed by atoms with E-state index in [2.05, 4.69) is 34.4 Å². The van der Waals surface area contributed by atoms with Gasteiger partial charge in [-0.25, -0.2) is 9.97 Å². The Bertz CT molecular complexity index is 600. The highest BCUT2D eigenvalue weighted by molar-refractivity contribution is 7.14. The number of rotatable bonds is 5. The van der Waals surface area contributed by atoms with E-state index in [4.69, 9.17) is 11.6 Å². The van der Waals surface area contributed by atoms with Gasteiger partial charge in [-0.1, -0.05) is 31.5 Å². The molecule has 0 aliphatic rings. The molecule has 2 heterocycles. The fourth-order valence-electron chi connectivity index (χ4n) is 1.48. The monoisotopic (exact) mass is 310 g/mol. The maximum atomic E-state index is 12.2. The third-order valence-electron chi connectivity index (χ3n) is 2.41. The van der Waals surface area contributed by atoms with Crippen molar-refractivity contribution in [3.8, 4) is 0 Å².